The summed E-state index contributed by atoms with van der Waals surface area (Å²) >= 11 is 0. The van der Waals surface area contributed by atoms with Crippen molar-refractivity contribution in [2.24, 2.45) is 5.73 Å². The van der Waals surface area contributed by atoms with E-state index in [-0.39, 0.29) is 18.0 Å². The average molecular weight is 573 g/mol. The Morgan fingerprint density at radius 1 is 0.756 bits per heavy atom. The number of rotatable bonds is 26. The number of esters is 1. The molecule has 41 heavy (non-hydrogen) atoms. The third kappa shape index (κ3) is 25.8. The van der Waals surface area contributed by atoms with Crippen molar-refractivity contribution in [2.45, 2.75) is 129 Å². The second kappa shape index (κ2) is 28.6. The van der Waals surface area contributed by atoms with E-state index in [1.807, 2.05) is 12.2 Å². The number of nitrogens with one attached hydrogen (secondary N) is 1. The van der Waals surface area contributed by atoms with Gasteiger partial charge in [-0.05, 0) is 83.2 Å². The third-order valence-corrected chi connectivity index (χ3v) is 6.30. The molecule has 2 unspecified atom stereocenters. The summed E-state index contributed by atoms with van der Waals surface area (Å²) in [6.07, 6.45) is 33.2. The summed E-state index contributed by atoms with van der Waals surface area (Å²) in [5.41, 5.74) is 5.44. The van der Waals surface area contributed by atoms with E-state index in [1.165, 1.54) is 0 Å². The molecule has 0 radical (unpaired) electrons. The minimum atomic E-state index is -1.03. The van der Waals surface area contributed by atoms with Crippen molar-refractivity contribution < 1.29 is 24.2 Å². The first-order valence-corrected chi connectivity index (χ1v) is 15.6. The van der Waals surface area contributed by atoms with Crippen LogP contribution in [0.4, 0.5) is 0 Å². The minimum Gasteiger partial charge on any atom is -0.480 e. The second-order valence-electron chi connectivity index (χ2n) is 10.1. The van der Waals surface area contributed by atoms with Crippen LogP contribution in [0.1, 0.15) is 117 Å². The highest BCUT2D eigenvalue weighted by Gasteiger charge is 2.18. The second-order valence-corrected chi connectivity index (χ2v) is 10.1. The lowest BCUT2D eigenvalue weighted by Gasteiger charge is -2.15. The van der Waals surface area contributed by atoms with Gasteiger partial charge in [0.2, 0.25) is 5.91 Å². The fourth-order valence-electron chi connectivity index (χ4n) is 3.97. The van der Waals surface area contributed by atoms with E-state index >= 15 is 0 Å². The lowest BCUT2D eigenvalue weighted by Crippen LogP contribution is -2.40. The normalized spacial score (nSPS) is 13.6. The van der Waals surface area contributed by atoms with Gasteiger partial charge in [0.05, 0.1) is 0 Å². The van der Waals surface area contributed by atoms with E-state index < -0.39 is 12.0 Å². The molecule has 0 aromatic heterocycles. The lowest BCUT2D eigenvalue weighted by molar-refractivity contribution is -0.147. The van der Waals surface area contributed by atoms with Gasteiger partial charge in [-0.15, -0.1) is 0 Å². The molecular formula is C34H56N2O5. The lowest BCUT2D eigenvalue weighted by atomic mass is 10.1. The molecule has 7 nitrogen and oxygen atoms in total. The van der Waals surface area contributed by atoms with Crippen LogP contribution in [-0.2, 0) is 19.1 Å². The Morgan fingerprint density at radius 2 is 1.39 bits per heavy atom. The van der Waals surface area contributed by atoms with Crippen LogP contribution in [0, 0.1) is 0 Å². The molecule has 0 heterocycles. The molecule has 0 aromatic rings. The smallest absolute Gasteiger partial charge is 0.326 e. The van der Waals surface area contributed by atoms with Crippen LogP contribution in [-0.4, -0.2) is 41.6 Å². The Morgan fingerprint density at radius 3 is 2.00 bits per heavy atom. The first-order valence-electron chi connectivity index (χ1n) is 15.6. The van der Waals surface area contributed by atoms with Crippen LogP contribution in [0.15, 0.2) is 60.8 Å². The fraction of sp³-hybridized carbons (Fsp3) is 0.618. The van der Waals surface area contributed by atoms with Crippen LogP contribution >= 0.6 is 0 Å². The van der Waals surface area contributed by atoms with Gasteiger partial charge >= 0.3 is 11.9 Å². The van der Waals surface area contributed by atoms with Gasteiger partial charge in [0, 0.05) is 12.8 Å². The van der Waals surface area contributed by atoms with E-state index in [9.17, 15) is 19.5 Å². The summed E-state index contributed by atoms with van der Waals surface area (Å²) in [5, 5.41) is 11.8. The summed E-state index contributed by atoms with van der Waals surface area (Å²) in [4.78, 5) is 35.7. The summed E-state index contributed by atoms with van der Waals surface area (Å²) in [6.45, 7) is 4.65. The first kappa shape index (κ1) is 38.1. The first-order chi connectivity index (χ1) is 19.9. The van der Waals surface area contributed by atoms with Crippen molar-refractivity contribution in [3.63, 3.8) is 0 Å². The molecule has 232 valence electrons. The monoisotopic (exact) mass is 572 g/mol. The van der Waals surface area contributed by atoms with Gasteiger partial charge in [0.25, 0.3) is 0 Å². The Balaban J connectivity index is 4.23. The van der Waals surface area contributed by atoms with E-state index in [4.69, 9.17) is 10.5 Å². The number of allylic oxidation sites excluding steroid dienone is 9. The standard InChI is InChI=1S/C34H56N2O5/c1-3-5-7-8-9-10-11-12-13-14-15-16-22-28-33(38)41-30(24-19-6-4-2)25-20-17-18-21-27-32(37)36-31(34(39)40)26-23-29-35/h5,7,9-10,12-13,15-16,19,24,30-31H,3-4,6,8,11,14,17-18,20-23,25-29,35H2,1-2H3,(H,36,37)(H,39,40)/b7-5-,10-9-,13-12-,16-15-,24-19-. The maximum atomic E-state index is 12.4. The molecule has 0 rings (SSSR count). The van der Waals surface area contributed by atoms with Gasteiger partial charge < -0.3 is 20.9 Å². The van der Waals surface area contributed by atoms with E-state index in [0.29, 0.717) is 45.1 Å². The van der Waals surface area contributed by atoms with Crippen molar-refractivity contribution in [3.8, 4) is 0 Å². The minimum absolute atomic E-state index is 0.183. The predicted molar refractivity (Wildman–Crippen MR) is 169 cm³/mol. The molecule has 0 aromatic carbocycles. The number of ether oxygens (including phenoxy) is 1. The van der Waals surface area contributed by atoms with Crippen molar-refractivity contribution in [2.75, 3.05) is 6.54 Å². The van der Waals surface area contributed by atoms with E-state index in [2.05, 4.69) is 67.8 Å². The number of carbonyl (C=O) groups excluding carboxylic acids is 2. The van der Waals surface area contributed by atoms with Crippen LogP contribution in [0.2, 0.25) is 0 Å². The number of unbranched alkanes of at least 4 members (excludes halogenated alkanes) is 4. The maximum Gasteiger partial charge on any atom is 0.326 e. The van der Waals surface area contributed by atoms with Crippen molar-refractivity contribution in [3.05, 3.63) is 60.8 Å². The number of hydrogen-bond donors (Lipinski definition) is 3. The quantitative estimate of drug-likeness (QED) is 0.0561. The molecular weight excluding hydrogens is 516 g/mol. The zero-order chi connectivity index (χ0) is 30.4. The van der Waals surface area contributed by atoms with Gasteiger partial charge in [0.1, 0.15) is 12.1 Å². The van der Waals surface area contributed by atoms with Gasteiger partial charge in [0.15, 0.2) is 0 Å². The number of hydrogen-bond acceptors (Lipinski definition) is 5. The zero-order valence-electron chi connectivity index (χ0n) is 25.6. The molecule has 0 aliphatic rings. The largest absolute Gasteiger partial charge is 0.480 e. The van der Waals surface area contributed by atoms with E-state index in [1.54, 1.807) is 0 Å². The molecule has 0 fully saturated rings. The molecule has 0 saturated heterocycles. The van der Waals surface area contributed by atoms with Gasteiger partial charge in [-0.3, -0.25) is 9.59 Å². The molecule has 4 N–H and O–H groups in total. The Kier molecular flexibility index (Phi) is 26.5. The highest BCUT2D eigenvalue weighted by atomic mass is 16.5. The van der Waals surface area contributed by atoms with Crippen LogP contribution < -0.4 is 11.1 Å². The topological polar surface area (TPSA) is 119 Å². The molecule has 2 atom stereocenters. The molecule has 0 saturated carbocycles. The Hall–Kier alpha value is -2.93. The summed E-state index contributed by atoms with van der Waals surface area (Å²) < 4.78 is 5.73. The van der Waals surface area contributed by atoms with Crippen molar-refractivity contribution in [1.29, 1.82) is 0 Å². The van der Waals surface area contributed by atoms with Crippen LogP contribution in [0.5, 0.6) is 0 Å². The average Bonchev–Trinajstić information content (AvgIpc) is 2.95. The van der Waals surface area contributed by atoms with Crippen LogP contribution in [0.25, 0.3) is 0 Å². The Bertz CT molecular complexity index is 829. The predicted octanol–water partition coefficient (Wildman–Crippen LogP) is 7.49. The molecule has 0 bridgehead atoms. The number of carboxylic acids is 1. The Labute approximate surface area is 249 Å². The number of carbonyl (C=O) groups is 3. The third-order valence-electron chi connectivity index (χ3n) is 6.30. The summed E-state index contributed by atoms with van der Waals surface area (Å²) in [6, 6.07) is -0.876. The highest BCUT2D eigenvalue weighted by molar-refractivity contribution is 5.83. The molecule has 0 aliphatic carbocycles. The van der Waals surface area contributed by atoms with E-state index in [0.717, 1.165) is 64.2 Å². The number of carboxylic acid groups (broad SMARTS) is 1. The van der Waals surface area contributed by atoms with Crippen molar-refractivity contribution in [1.82, 2.24) is 5.32 Å². The van der Waals surface area contributed by atoms with Crippen LogP contribution in [0.3, 0.4) is 0 Å². The number of aliphatic carboxylic acids is 1. The summed E-state index contributed by atoms with van der Waals surface area (Å²) in [7, 11) is 0. The summed E-state index contributed by atoms with van der Waals surface area (Å²) in [5.74, 6) is -1.45. The SMILES string of the molecule is CC/C=C\C/C=C\C/C=C\C/C=C\CCC(=O)OC(/C=C\CCC)CCCCCCC(=O)NC(CCCN)C(=O)O. The van der Waals surface area contributed by atoms with Gasteiger partial charge in [-0.1, -0.05) is 87.8 Å². The number of amides is 1. The maximum absolute atomic E-state index is 12.4. The fourth-order valence-corrected chi connectivity index (χ4v) is 3.97. The highest BCUT2D eigenvalue weighted by Crippen LogP contribution is 2.13. The van der Waals surface area contributed by atoms with Gasteiger partial charge in [-0.25, -0.2) is 4.79 Å². The number of nitrogens with two attached hydrogens (primary N) is 1. The van der Waals surface area contributed by atoms with Gasteiger partial charge in [-0.2, -0.15) is 0 Å². The van der Waals surface area contributed by atoms with Crippen molar-refractivity contribution >= 4 is 17.8 Å². The zero-order valence-corrected chi connectivity index (χ0v) is 25.6. The molecule has 1 amide bonds. The molecule has 0 spiro atoms. The molecule has 0 aliphatic heterocycles. The molecule has 7 heteroatoms.